The number of carbonyl (C=O) groups excluding carboxylic acids is 3. The lowest BCUT2D eigenvalue weighted by atomic mass is 10.0. The van der Waals surface area contributed by atoms with Crippen LogP contribution in [0.2, 0.25) is 0 Å². The topological polar surface area (TPSA) is 222 Å². The normalized spacial score (nSPS) is 14.2. The molecule has 0 aliphatic rings. The fourth-order valence-corrected chi connectivity index (χ4v) is 3.66. The number of halogens is 2. The average molecular weight is 542 g/mol. The number of nitrogens with one attached hydrogen (secondary N) is 2. The van der Waals surface area contributed by atoms with E-state index in [9.17, 15) is 37.6 Å². The first-order chi connectivity index (χ1) is 17.1. The monoisotopic (exact) mass is 542 g/mol. The van der Waals surface area contributed by atoms with Crippen molar-refractivity contribution < 1.29 is 47.4 Å². The number of nitrogens with two attached hydrogens (primary N) is 2. The Balaban J connectivity index is 2.05. The van der Waals surface area contributed by atoms with E-state index in [1.54, 1.807) is 30.3 Å². The molecule has 3 amide bonds. The number of amides is 3. The molecule has 15 heteroatoms. The lowest BCUT2D eigenvalue weighted by Gasteiger charge is -2.21. The summed E-state index contributed by atoms with van der Waals surface area (Å²) in [6.45, 7) is 0. The standard InChI is InChI=1S/C22H25F2N4O8P/c23-22(24,37(34,35)36)14-8-6-13(7-9-14)10-15(25)19(30)28-17(21(32)33)20(31)27-16(18(26)29)11-12-4-2-1-3-5-12/h1-9,15-17H,10-11,25H2,(H2,26,29)(H,27,31)(H,28,30)(H,32,33)(H2,34,35,36)/t15-,16-,17+/m0/s1. The highest BCUT2D eigenvalue weighted by molar-refractivity contribution is 7.52. The molecule has 2 rings (SSSR count). The summed E-state index contributed by atoms with van der Waals surface area (Å²) >= 11 is 0. The third-order valence-corrected chi connectivity index (χ3v) is 6.19. The van der Waals surface area contributed by atoms with Gasteiger partial charge in [0.05, 0.1) is 6.04 Å². The molecule has 3 atom stereocenters. The zero-order valence-corrected chi connectivity index (χ0v) is 20.0. The molecule has 9 N–H and O–H groups in total. The average Bonchev–Trinajstić information content (AvgIpc) is 2.81. The smallest absolute Gasteiger partial charge is 0.399 e. The Bertz CT molecular complexity index is 1190. The lowest BCUT2D eigenvalue weighted by Crippen LogP contribution is -2.58. The highest BCUT2D eigenvalue weighted by atomic mass is 31.2. The van der Waals surface area contributed by atoms with Crippen molar-refractivity contribution in [2.75, 3.05) is 0 Å². The fraction of sp³-hybridized carbons (Fsp3) is 0.273. The maximum absolute atomic E-state index is 13.8. The Morgan fingerprint density at radius 2 is 1.43 bits per heavy atom. The van der Waals surface area contributed by atoms with Crippen LogP contribution in [0.1, 0.15) is 16.7 Å². The fourth-order valence-electron chi connectivity index (χ4n) is 3.17. The molecule has 0 spiro atoms. The van der Waals surface area contributed by atoms with Crippen LogP contribution in [0.3, 0.4) is 0 Å². The van der Waals surface area contributed by atoms with Crippen molar-refractivity contribution in [1.29, 1.82) is 0 Å². The Kier molecular flexibility index (Phi) is 9.59. The number of benzene rings is 2. The quantitative estimate of drug-likeness (QED) is 0.136. The number of carbonyl (C=O) groups is 4. The summed E-state index contributed by atoms with van der Waals surface area (Å²) in [5.41, 5.74) is 6.53. The van der Waals surface area contributed by atoms with Crippen molar-refractivity contribution in [3.05, 3.63) is 71.3 Å². The van der Waals surface area contributed by atoms with E-state index in [2.05, 4.69) is 5.32 Å². The van der Waals surface area contributed by atoms with Gasteiger partial charge in [-0.1, -0.05) is 54.6 Å². The third-order valence-electron chi connectivity index (χ3n) is 5.20. The van der Waals surface area contributed by atoms with Crippen molar-refractivity contribution in [1.82, 2.24) is 10.6 Å². The molecule has 0 unspecified atom stereocenters. The molecule has 0 aliphatic carbocycles. The Labute approximate surface area is 209 Å². The predicted molar refractivity (Wildman–Crippen MR) is 125 cm³/mol. The number of alkyl halides is 2. The van der Waals surface area contributed by atoms with Crippen LogP contribution in [0.15, 0.2) is 54.6 Å². The second kappa shape index (κ2) is 12.0. The predicted octanol–water partition coefficient (Wildman–Crippen LogP) is -0.434. The van der Waals surface area contributed by atoms with E-state index >= 15 is 0 Å². The first-order valence-electron chi connectivity index (χ1n) is 10.6. The Morgan fingerprint density at radius 3 is 1.92 bits per heavy atom. The maximum Gasteiger partial charge on any atom is 0.399 e. The van der Waals surface area contributed by atoms with Gasteiger partial charge >= 0.3 is 19.2 Å². The summed E-state index contributed by atoms with van der Waals surface area (Å²) in [6, 6.07) is 7.24. The third kappa shape index (κ3) is 7.89. The molecule has 200 valence electrons. The van der Waals surface area contributed by atoms with E-state index in [1.807, 2.05) is 5.32 Å². The largest absolute Gasteiger partial charge is 0.479 e. The van der Waals surface area contributed by atoms with Crippen molar-refractivity contribution in [2.45, 2.75) is 36.6 Å². The number of aliphatic carboxylic acids is 1. The number of primary amides is 1. The number of carboxylic acids is 1. The van der Waals surface area contributed by atoms with E-state index in [-0.39, 0.29) is 18.4 Å². The van der Waals surface area contributed by atoms with Crippen LogP contribution in [0.5, 0.6) is 0 Å². The van der Waals surface area contributed by atoms with E-state index in [1.165, 1.54) is 0 Å². The molecular formula is C22H25F2N4O8P. The van der Waals surface area contributed by atoms with Crippen LogP contribution in [0.25, 0.3) is 0 Å². The molecule has 37 heavy (non-hydrogen) atoms. The minimum absolute atomic E-state index is 0.0290. The molecule has 0 fully saturated rings. The zero-order chi connectivity index (χ0) is 28.0. The van der Waals surface area contributed by atoms with E-state index in [4.69, 9.17) is 21.3 Å². The molecule has 2 aromatic carbocycles. The highest BCUT2D eigenvalue weighted by Crippen LogP contribution is 2.59. The van der Waals surface area contributed by atoms with Crippen LogP contribution in [-0.4, -0.2) is 56.7 Å². The van der Waals surface area contributed by atoms with Gasteiger partial charge in [-0.05, 0) is 17.5 Å². The minimum Gasteiger partial charge on any atom is -0.479 e. The SMILES string of the molecule is NC(=O)[C@H](Cc1ccccc1)NC(=O)[C@@H](NC(=O)[C@@H](N)Cc1ccc(C(F)(F)P(=O)(O)O)cc1)C(=O)O. The summed E-state index contributed by atoms with van der Waals surface area (Å²) in [4.78, 5) is 66.0. The molecule has 0 saturated carbocycles. The zero-order valence-electron chi connectivity index (χ0n) is 19.1. The molecule has 0 aliphatic heterocycles. The van der Waals surface area contributed by atoms with Gasteiger partial charge in [0.25, 0.3) is 5.91 Å². The van der Waals surface area contributed by atoms with Gasteiger partial charge in [0, 0.05) is 12.0 Å². The van der Waals surface area contributed by atoms with Crippen molar-refractivity contribution in [3.8, 4) is 0 Å². The van der Waals surface area contributed by atoms with Crippen LogP contribution < -0.4 is 22.1 Å². The molecule has 0 aromatic heterocycles. The number of hydrogen-bond acceptors (Lipinski definition) is 6. The van der Waals surface area contributed by atoms with E-state index < -0.39 is 60.6 Å². The van der Waals surface area contributed by atoms with Crippen LogP contribution in [-0.2, 0) is 42.2 Å². The highest BCUT2D eigenvalue weighted by Gasteiger charge is 2.50. The number of carboxylic acid groups (broad SMARTS) is 1. The summed E-state index contributed by atoms with van der Waals surface area (Å²) in [7, 11) is -5.76. The van der Waals surface area contributed by atoms with Gasteiger partial charge < -0.3 is 37.0 Å². The van der Waals surface area contributed by atoms with Gasteiger partial charge in [0.2, 0.25) is 17.9 Å². The van der Waals surface area contributed by atoms with Gasteiger partial charge in [-0.25, -0.2) is 4.79 Å². The molecule has 0 bridgehead atoms. The first-order valence-corrected chi connectivity index (χ1v) is 12.2. The Hall–Kier alpha value is -3.71. The Morgan fingerprint density at radius 1 is 0.892 bits per heavy atom. The van der Waals surface area contributed by atoms with Crippen LogP contribution in [0.4, 0.5) is 8.78 Å². The van der Waals surface area contributed by atoms with Crippen LogP contribution >= 0.6 is 7.60 Å². The van der Waals surface area contributed by atoms with E-state index in [0.717, 1.165) is 24.3 Å². The molecular weight excluding hydrogens is 517 g/mol. The van der Waals surface area contributed by atoms with Gasteiger partial charge in [-0.3, -0.25) is 18.9 Å². The van der Waals surface area contributed by atoms with Crippen molar-refractivity contribution in [3.63, 3.8) is 0 Å². The molecule has 0 radical (unpaired) electrons. The van der Waals surface area contributed by atoms with E-state index in [0.29, 0.717) is 5.56 Å². The van der Waals surface area contributed by atoms with Gasteiger partial charge in [-0.2, -0.15) is 8.78 Å². The van der Waals surface area contributed by atoms with Crippen LogP contribution in [0, 0.1) is 0 Å². The van der Waals surface area contributed by atoms with Crippen molar-refractivity contribution in [2.24, 2.45) is 11.5 Å². The maximum atomic E-state index is 13.8. The lowest BCUT2D eigenvalue weighted by molar-refractivity contribution is -0.147. The van der Waals surface area contributed by atoms with Gasteiger partial charge in [0.15, 0.2) is 0 Å². The number of rotatable bonds is 12. The molecule has 12 nitrogen and oxygen atoms in total. The molecule has 0 heterocycles. The first kappa shape index (κ1) is 29.5. The molecule has 0 saturated heterocycles. The summed E-state index contributed by atoms with van der Waals surface area (Å²) in [5.74, 6) is -4.98. The second-order valence-electron chi connectivity index (χ2n) is 8.03. The summed E-state index contributed by atoms with van der Waals surface area (Å²) in [6.07, 6.45) is -0.321. The van der Waals surface area contributed by atoms with Gasteiger partial charge in [0.1, 0.15) is 6.04 Å². The molecule has 2 aromatic rings. The second-order valence-corrected chi connectivity index (χ2v) is 9.68. The van der Waals surface area contributed by atoms with Crippen molar-refractivity contribution >= 4 is 31.3 Å². The number of hydrogen-bond donors (Lipinski definition) is 7. The minimum atomic E-state index is -5.76. The summed E-state index contributed by atoms with van der Waals surface area (Å²) in [5, 5.41) is 13.5. The summed E-state index contributed by atoms with van der Waals surface area (Å²) < 4.78 is 38.5. The van der Waals surface area contributed by atoms with Gasteiger partial charge in [-0.15, -0.1) is 0 Å².